The predicted octanol–water partition coefficient (Wildman–Crippen LogP) is 2.52. The minimum absolute atomic E-state index is 0.0359. The number of hydrazine groups is 1. The number of halogens is 1. The molecule has 2 fully saturated rings. The maximum Gasteiger partial charge on any atom is 0.251 e. The molecule has 2 aromatic carbocycles. The molecule has 0 bridgehead atoms. The summed E-state index contributed by atoms with van der Waals surface area (Å²) in [5, 5.41) is 3.52. The molecule has 2 amide bonds. The van der Waals surface area contributed by atoms with Gasteiger partial charge in [-0.05, 0) is 55.5 Å². The molecule has 0 radical (unpaired) electrons. The van der Waals surface area contributed by atoms with Gasteiger partial charge in [-0.3, -0.25) is 15.0 Å². The maximum atomic E-state index is 13.1. The fourth-order valence-corrected chi connectivity index (χ4v) is 5.57. The number of primary amides is 1. The van der Waals surface area contributed by atoms with Gasteiger partial charge in [-0.2, -0.15) is 0 Å². The van der Waals surface area contributed by atoms with Gasteiger partial charge in [-0.1, -0.05) is 41.9 Å². The number of aromatic nitrogens is 2. The maximum absolute atomic E-state index is 13.1. The molecule has 188 valence electrons. The molecule has 3 aromatic rings. The van der Waals surface area contributed by atoms with E-state index in [2.05, 4.69) is 26.1 Å². The molecule has 1 saturated heterocycles. The zero-order valence-corrected chi connectivity index (χ0v) is 20.5. The summed E-state index contributed by atoms with van der Waals surface area (Å²) >= 11 is 6.64. The monoisotopic (exact) mass is 507 g/mol. The molecule has 5 atom stereocenters. The van der Waals surface area contributed by atoms with Crippen molar-refractivity contribution < 1.29 is 9.59 Å². The van der Waals surface area contributed by atoms with E-state index in [9.17, 15) is 9.59 Å². The topological polar surface area (TPSA) is 151 Å². The molecule has 10 heteroatoms. The summed E-state index contributed by atoms with van der Waals surface area (Å²) in [6, 6.07) is 16.0. The van der Waals surface area contributed by atoms with Crippen molar-refractivity contribution >= 4 is 23.4 Å². The summed E-state index contributed by atoms with van der Waals surface area (Å²) in [5.41, 5.74) is 20.6. The number of nitrogens with two attached hydrogens (primary N) is 2. The first-order valence-electron chi connectivity index (χ1n) is 12.2. The quantitative estimate of drug-likeness (QED) is 0.289. The number of nitrogens with one attached hydrogen (secondary N) is 4. The molecule has 2 heterocycles. The van der Waals surface area contributed by atoms with E-state index in [1.165, 1.54) is 0 Å². The van der Waals surface area contributed by atoms with Gasteiger partial charge in [0.1, 0.15) is 5.82 Å². The summed E-state index contributed by atoms with van der Waals surface area (Å²) in [5.74, 6) is 0.401. The van der Waals surface area contributed by atoms with E-state index in [1.54, 1.807) is 24.3 Å². The van der Waals surface area contributed by atoms with Crippen LogP contribution in [0, 0.1) is 5.92 Å². The highest BCUT2D eigenvalue weighted by Gasteiger charge is 2.40. The Balaban J connectivity index is 1.38. The van der Waals surface area contributed by atoms with Crippen LogP contribution in [0.25, 0.3) is 0 Å². The SMILES string of the molecule is NC(=O)c1ccc(C(=O)N[C@@H](Cc2ccccc2)c2nc(Cl)c(C3CCC4C(N)NNC4C3)[nH]2)cc1. The largest absolute Gasteiger partial charge is 0.366 e. The van der Waals surface area contributed by atoms with E-state index in [1.807, 2.05) is 30.3 Å². The Morgan fingerprint density at radius 1 is 1.06 bits per heavy atom. The molecule has 1 aliphatic carbocycles. The van der Waals surface area contributed by atoms with Crippen LogP contribution in [0.1, 0.15) is 69.0 Å². The molecule has 4 unspecified atom stereocenters. The van der Waals surface area contributed by atoms with Gasteiger partial charge < -0.3 is 21.8 Å². The highest BCUT2D eigenvalue weighted by atomic mass is 35.5. The Hall–Kier alpha value is -3.24. The number of carbonyl (C=O) groups excluding carboxylic acids is 2. The van der Waals surface area contributed by atoms with E-state index >= 15 is 0 Å². The lowest BCUT2D eigenvalue weighted by Crippen LogP contribution is -2.39. The summed E-state index contributed by atoms with van der Waals surface area (Å²) < 4.78 is 0. The van der Waals surface area contributed by atoms with Crippen LogP contribution in [0.3, 0.4) is 0 Å². The van der Waals surface area contributed by atoms with Crippen LogP contribution in [-0.2, 0) is 6.42 Å². The second-order valence-electron chi connectivity index (χ2n) is 9.58. The average Bonchev–Trinajstić information content (AvgIpc) is 3.46. The summed E-state index contributed by atoms with van der Waals surface area (Å²) in [4.78, 5) is 32.6. The van der Waals surface area contributed by atoms with E-state index in [0.717, 1.165) is 30.5 Å². The highest BCUT2D eigenvalue weighted by molar-refractivity contribution is 6.30. The molecular formula is C26H30ClN7O2. The minimum atomic E-state index is -0.540. The van der Waals surface area contributed by atoms with Crippen LogP contribution in [0.15, 0.2) is 54.6 Å². The summed E-state index contributed by atoms with van der Waals surface area (Å²) in [7, 11) is 0. The van der Waals surface area contributed by atoms with Gasteiger partial charge in [0.25, 0.3) is 5.91 Å². The molecule has 1 aliphatic heterocycles. The van der Waals surface area contributed by atoms with Crippen molar-refractivity contribution in [3.8, 4) is 0 Å². The molecule has 36 heavy (non-hydrogen) atoms. The van der Waals surface area contributed by atoms with Crippen molar-refractivity contribution in [3.63, 3.8) is 0 Å². The third-order valence-electron chi connectivity index (χ3n) is 7.26. The molecule has 8 N–H and O–H groups in total. The van der Waals surface area contributed by atoms with Crippen molar-refractivity contribution in [2.45, 2.75) is 49.9 Å². The lowest BCUT2D eigenvalue weighted by atomic mass is 9.77. The lowest BCUT2D eigenvalue weighted by Gasteiger charge is -2.31. The van der Waals surface area contributed by atoms with Gasteiger partial charge in [0, 0.05) is 29.0 Å². The number of H-pyrrole nitrogens is 1. The van der Waals surface area contributed by atoms with Gasteiger partial charge in [0.2, 0.25) is 5.91 Å². The van der Waals surface area contributed by atoms with Gasteiger partial charge >= 0.3 is 0 Å². The van der Waals surface area contributed by atoms with Crippen molar-refractivity contribution in [1.29, 1.82) is 0 Å². The Kier molecular flexibility index (Phi) is 7.06. The predicted molar refractivity (Wildman–Crippen MR) is 137 cm³/mol. The molecule has 5 rings (SSSR count). The number of aromatic amines is 1. The molecule has 1 aromatic heterocycles. The lowest BCUT2D eigenvalue weighted by molar-refractivity contribution is 0.0932. The number of hydrogen-bond acceptors (Lipinski definition) is 6. The second-order valence-corrected chi connectivity index (χ2v) is 9.94. The number of benzene rings is 2. The summed E-state index contributed by atoms with van der Waals surface area (Å²) in [6.07, 6.45) is 3.35. The smallest absolute Gasteiger partial charge is 0.251 e. The van der Waals surface area contributed by atoms with Crippen molar-refractivity contribution in [2.24, 2.45) is 17.4 Å². The minimum Gasteiger partial charge on any atom is -0.366 e. The number of rotatable bonds is 7. The Morgan fingerprint density at radius 3 is 2.50 bits per heavy atom. The first kappa shape index (κ1) is 24.5. The fraction of sp³-hybridized carbons (Fsp3) is 0.346. The van der Waals surface area contributed by atoms with Crippen LogP contribution in [0.5, 0.6) is 0 Å². The third kappa shape index (κ3) is 5.15. The first-order chi connectivity index (χ1) is 17.4. The van der Waals surface area contributed by atoms with Gasteiger partial charge in [0.15, 0.2) is 5.15 Å². The average molecular weight is 508 g/mol. The molecule has 0 spiro atoms. The van der Waals surface area contributed by atoms with Crippen LogP contribution in [-0.4, -0.2) is 34.0 Å². The molecular weight excluding hydrogens is 478 g/mol. The van der Waals surface area contributed by atoms with Crippen LogP contribution in [0.2, 0.25) is 5.15 Å². The van der Waals surface area contributed by atoms with E-state index in [0.29, 0.717) is 34.4 Å². The standard InChI is InChI=1S/C26H30ClN7O2/c27-22-21(17-10-11-18-19(13-17)33-34-23(18)28)31-25(32-22)20(12-14-4-2-1-3-5-14)30-26(36)16-8-6-15(7-9-16)24(29)35/h1-9,17-20,23,33-34H,10-13,28H2,(H2,29,35)(H,30,36)(H,31,32)/t17?,18?,19?,20-,23?/m0/s1. The third-order valence-corrected chi connectivity index (χ3v) is 7.55. The number of hydrogen-bond donors (Lipinski definition) is 6. The number of amides is 2. The highest BCUT2D eigenvalue weighted by Crippen LogP contribution is 2.40. The Labute approximate surface area is 214 Å². The number of fused-ring (bicyclic) bond motifs is 1. The van der Waals surface area contributed by atoms with Gasteiger partial charge in [-0.15, -0.1) is 0 Å². The van der Waals surface area contributed by atoms with E-state index < -0.39 is 11.9 Å². The van der Waals surface area contributed by atoms with Crippen molar-refractivity contribution in [1.82, 2.24) is 26.1 Å². The number of nitrogens with zero attached hydrogens (tertiary/aromatic N) is 1. The van der Waals surface area contributed by atoms with E-state index in [4.69, 9.17) is 23.1 Å². The van der Waals surface area contributed by atoms with Crippen molar-refractivity contribution in [2.75, 3.05) is 0 Å². The van der Waals surface area contributed by atoms with Crippen LogP contribution in [0.4, 0.5) is 0 Å². The normalized spacial score (nSPS) is 24.2. The molecule has 2 aliphatic rings. The van der Waals surface area contributed by atoms with Crippen LogP contribution >= 0.6 is 11.6 Å². The summed E-state index contributed by atoms with van der Waals surface area (Å²) in [6.45, 7) is 0. The van der Waals surface area contributed by atoms with E-state index in [-0.39, 0.29) is 24.0 Å². The number of imidazole rings is 1. The zero-order valence-electron chi connectivity index (χ0n) is 19.7. The molecule has 9 nitrogen and oxygen atoms in total. The van der Waals surface area contributed by atoms with Crippen molar-refractivity contribution in [3.05, 3.63) is 88.0 Å². The Bertz CT molecular complexity index is 1230. The Morgan fingerprint density at radius 2 is 1.78 bits per heavy atom. The first-order valence-corrected chi connectivity index (χ1v) is 12.5. The van der Waals surface area contributed by atoms with Crippen LogP contribution < -0.4 is 27.6 Å². The second kappa shape index (κ2) is 10.4. The van der Waals surface area contributed by atoms with Gasteiger partial charge in [-0.25, -0.2) is 10.4 Å². The zero-order chi connectivity index (χ0) is 25.2. The molecule has 1 saturated carbocycles. The number of carbonyl (C=O) groups is 2. The van der Waals surface area contributed by atoms with Gasteiger partial charge in [0.05, 0.1) is 17.9 Å². The fourth-order valence-electron chi connectivity index (χ4n) is 5.27.